The minimum Gasteiger partial charge on any atom is -1.00 e. The molecule has 0 spiro atoms. The van der Waals surface area contributed by atoms with Crippen molar-refractivity contribution in [2.75, 3.05) is 0 Å². The van der Waals surface area contributed by atoms with Crippen LogP contribution >= 0.6 is 0 Å². The molecule has 1 aromatic heterocycles. The van der Waals surface area contributed by atoms with Gasteiger partial charge in [-0.3, -0.25) is 10.1 Å². The molecule has 0 saturated heterocycles. The Labute approximate surface area is 115 Å². The fourth-order valence-electron chi connectivity index (χ4n) is 1.39. The summed E-state index contributed by atoms with van der Waals surface area (Å²) in [5.74, 6) is 0. The third-order valence-corrected chi connectivity index (χ3v) is 2.28. The number of nitro benzene ring substituents is 1. The molecule has 1 aromatic carbocycles. The largest absolute Gasteiger partial charge is 1.00 e. The van der Waals surface area contributed by atoms with Crippen LogP contribution in [0.1, 0.15) is 5.56 Å². The first-order chi connectivity index (χ1) is 8.25. The molecular weight excluding hydrogens is 296 g/mol. The number of benzene rings is 1. The number of aromatic nitrogens is 1. The van der Waals surface area contributed by atoms with Crippen LogP contribution in [0, 0.1) is 10.1 Å². The number of pyridine rings is 1. The minimum absolute atomic E-state index is 0. The first-order valence-corrected chi connectivity index (χ1v) is 5.14. The molecule has 0 unspecified atom stereocenters. The van der Waals surface area contributed by atoms with Crippen LogP contribution < -0.4 is 21.5 Å². The van der Waals surface area contributed by atoms with Crippen LogP contribution in [0.4, 0.5) is 5.69 Å². The molecule has 92 valence electrons. The van der Waals surface area contributed by atoms with Crippen LogP contribution in [-0.4, -0.2) is 4.92 Å². The summed E-state index contributed by atoms with van der Waals surface area (Å²) < 4.78 is 1.90. The third kappa shape index (κ3) is 3.78. The molecule has 2 rings (SSSR count). The van der Waals surface area contributed by atoms with Crippen molar-refractivity contribution in [1.82, 2.24) is 0 Å². The lowest BCUT2D eigenvalue weighted by molar-refractivity contribution is -0.567. The lowest BCUT2D eigenvalue weighted by Crippen LogP contribution is -3.00. The number of nitro groups is 1. The maximum Gasteiger partial charge on any atom is 0.269 e. The highest BCUT2D eigenvalue weighted by Crippen LogP contribution is 2.12. The summed E-state index contributed by atoms with van der Waals surface area (Å²) >= 11 is 0. The van der Waals surface area contributed by atoms with E-state index in [1.54, 1.807) is 12.1 Å². The molecular formula is C13H11BrN2O2. The molecule has 5 heteroatoms. The van der Waals surface area contributed by atoms with Crippen LogP contribution in [0.25, 0.3) is 12.3 Å². The SMILES string of the molecule is O=[N+]([O-])c1ccc(/C=C/[n+]2ccccc2)cc1.[Br-]. The van der Waals surface area contributed by atoms with E-state index in [-0.39, 0.29) is 22.7 Å². The van der Waals surface area contributed by atoms with Gasteiger partial charge in [0.05, 0.1) is 4.92 Å². The molecule has 0 aliphatic heterocycles. The second-order valence-electron chi connectivity index (χ2n) is 3.49. The Hall–Kier alpha value is -2.01. The third-order valence-electron chi connectivity index (χ3n) is 2.28. The predicted octanol–water partition coefficient (Wildman–Crippen LogP) is -0.486. The van der Waals surface area contributed by atoms with Gasteiger partial charge < -0.3 is 17.0 Å². The maximum absolute atomic E-state index is 10.5. The quantitative estimate of drug-likeness (QED) is 0.437. The molecule has 0 amide bonds. The number of hydrogen-bond acceptors (Lipinski definition) is 2. The highest BCUT2D eigenvalue weighted by Gasteiger charge is 2.02. The van der Waals surface area contributed by atoms with E-state index in [4.69, 9.17) is 0 Å². The molecule has 0 atom stereocenters. The van der Waals surface area contributed by atoms with Gasteiger partial charge in [0.25, 0.3) is 5.69 Å². The Morgan fingerprint density at radius 2 is 1.67 bits per heavy atom. The van der Waals surface area contributed by atoms with Gasteiger partial charge in [0, 0.05) is 30.3 Å². The molecule has 0 radical (unpaired) electrons. The van der Waals surface area contributed by atoms with Crippen LogP contribution in [0.3, 0.4) is 0 Å². The van der Waals surface area contributed by atoms with Crippen molar-refractivity contribution in [2.24, 2.45) is 0 Å². The van der Waals surface area contributed by atoms with Gasteiger partial charge in [0.15, 0.2) is 18.6 Å². The number of non-ortho nitro benzene ring substituents is 1. The van der Waals surface area contributed by atoms with Crippen molar-refractivity contribution in [3.05, 3.63) is 70.5 Å². The zero-order valence-corrected chi connectivity index (χ0v) is 11.0. The van der Waals surface area contributed by atoms with Gasteiger partial charge in [-0.05, 0) is 17.7 Å². The zero-order chi connectivity index (χ0) is 12.1. The van der Waals surface area contributed by atoms with Gasteiger partial charge in [-0.15, -0.1) is 0 Å². The van der Waals surface area contributed by atoms with Gasteiger partial charge in [0.1, 0.15) is 0 Å². The van der Waals surface area contributed by atoms with Crippen LogP contribution in [0.5, 0.6) is 0 Å². The van der Waals surface area contributed by atoms with Crippen molar-refractivity contribution >= 4 is 18.0 Å². The van der Waals surface area contributed by atoms with Crippen LogP contribution in [0.2, 0.25) is 0 Å². The summed E-state index contributed by atoms with van der Waals surface area (Å²) in [6.45, 7) is 0. The molecule has 0 saturated carbocycles. The zero-order valence-electron chi connectivity index (χ0n) is 9.44. The average Bonchev–Trinajstić information content (AvgIpc) is 2.38. The van der Waals surface area contributed by atoms with Crippen molar-refractivity contribution in [1.29, 1.82) is 0 Å². The van der Waals surface area contributed by atoms with E-state index in [1.807, 2.05) is 47.4 Å². The summed E-state index contributed by atoms with van der Waals surface area (Å²) in [7, 11) is 0. The van der Waals surface area contributed by atoms with Gasteiger partial charge in [-0.25, -0.2) is 0 Å². The highest BCUT2D eigenvalue weighted by molar-refractivity contribution is 5.58. The number of hydrogen-bond donors (Lipinski definition) is 0. The Kier molecular flexibility index (Phi) is 5.20. The second kappa shape index (κ2) is 6.66. The number of rotatable bonds is 3. The van der Waals surface area contributed by atoms with Crippen molar-refractivity contribution in [3.8, 4) is 0 Å². The smallest absolute Gasteiger partial charge is 0.269 e. The lowest BCUT2D eigenvalue weighted by atomic mass is 10.2. The molecule has 0 aliphatic carbocycles. The monoisotopic (exact) mass is 306 g/mol. The minimum atomic E-state index is -0.403. The Morgan fingerprint density at radius 1 is 1.06 bits per heavy atom. The van der Waals surface area contributed by atoms with Gasteiger partial charge in [-0.1, -0.05) is 6.07 Å². The Morgan fingerprint density at radius 3 is 2.22 bits per heavy atom. The average molecular weight is 307 g/mol. The van der Waals surface area contributed by atoms with Crippen molar-refractivity contribution in [3.63, 3.8) is 0 Å². The van der Waals surface area contributed by atoms with E-state index in [9.17, 15) is 10.1 Å². The molecule has 18 heavy (non-hydrogen) atoms. The maximum atomic E-state index is 10.5. The Balaban J connectivity index is 0.00000162. The normalized spacial score (nSPS) is 10.0. The van der Waals surface area contributed by atoms with E-state index in [0.717, 1.165) is 5.56 Å². The van der Waals surface area contributed by atoms with Crippen molar-refractivity contribution in [2.45, 2.75) is 0 Å². The van der Waals surface area contributed by atoms with E-state index in [1.165, 1.54) is 12.1 Å². The molecule has 0 N–H and O–H groups in total. The number of halogens is 1. The van der Waals surface area contributed by atoms with Crippen LogP contribution in [-0.2, 0) is 0 Å². The summed E-state index contributed by atoms with van der Waals surface area (Å²) in [5, 5.41) is 10.5. The molecule has 0 aliphatic rings. The summed E-state index contributed by atoms with van der Waals surface area (Å²) in [6, 6.07) is 12.2. The van der Waals surface area contributed by atoms with Crippen LogP contribution in [0.15, 0.2) is 54.9 Å². The van der Waals surface area contributed by atoms with E-state index in [2.05, 4.69) is 0 Å². The molecule has 1 heterocycles. The Bertz CT molecular complexity index is 539. The summed E-state index contributed by atoms with van der Waals surface area (Å²) in [4.78, 5) is 10.1. The van der Waals surface area contributed by atoms with Gasteiger partial charge >= 0.3 is 0 Å². The lowest BCUT2D eigenvalue weighted by Gasteiger charge is -1.92. The van der Waals surface area contributed by atoms with Gasteiger partial charge in [0.2, 0.25) is 0 Å². The van der Waals surface area contributed by atoms with E-state index >= 15 is 0 Å². The van der Waals surface area contributed by atoms with E-state index in [0.29, 0.717) is 0 Å². The van der Waals surface area contributed by atoms with E-state index < -0.39 is 4.92 Å². The molecule has 2 aromatic rings. The fraction of sp³-hybridized carbons (Fsp3) is 0. The highest BCUT2D eigenvalue weighted by atomic mass is 79.9. The molecule has 0 bridgehead atoms. The fourth-order valence-corrected chi connectivity index (χ4v) is 1.39. The standard InChI is InChI=1S/C13H11N2O2.BrH/c16-15(17)13-6-4-12(5-7-13)8-11-14-9-2-1-3-10-14;/h1-11H;1H/q+1;/p-1/b11-8+;. The summed E-state index contributed by atoms with van der Waals surface area (Å²) in [6.07, 6.45) is 7.62. The molecule has 0 fully saturated rings. The van der Waals surface area contributed by atoms with Gasteiger partial charge in [-0.2, -0.15) is 4.57 Å². The first kappa shape index (κ1) is 14.1. The predicted molar refractivity (Wildman–Crippen MR) is 65.0 cm³/mol. The second-order valence-corrected chi connectivity index (χ2v) is 3.49. The summed E-state index contributed by atoms with van der Waals surface area (Å²) in [5.41, 5.74) is 1.03. The topological polar surface area (TPSA) is 47.0 Å². The number of nitrogens with zero attached hydrogens (tertiary/aromatic N) is 2. The molecule has 4 nitrogen and oxygen atoms in total. The van der Waals surface area contributed by atoms with Crippen molar-refractivity contribution < 1.29 is 26.5 Å². The first-order valence-electron chi connectivity index (χ1n) is 5.14.